The number of aromatic carboxylic acids is 1. The Balaban J connectivity index is 1.45. The van der Waals surface area contributed by atoms with Crippen LogP contribution in [-0.2, 0) is 9.47 Å². The Morgan fingerprint density at radius 3 is 2.50 bits per heavy atom. The first-order chi connectivity index (χ1) is 19.1. The van der Waals surface area contributed by atoms with E-state index in [1.54, 1.807) is 21.1 Å². The highest BCUT2D eigenvalue weighted by atomic mass is 35.5. The van der Waals surface area contributed by atoms with Gasteiger partial charge in [-0.25, -0.2) is 19.7 Å². The van der Waals surface area contributed by atoms with Gasteiger partial charge in [-0.1, -0.05) is 41.5 Å². The molecule has 0 spiro atoms. The molecular formula is C25H31Cl2N7O5S. The van der Waals surface area contributed by atoms with Crippen molar-refractivity contribution >= 4 is 57.4 Å². The predicted molar refractivity (Wildman–Crippen MR) is 154 cm³/mol. The molecule has 4 N–H and O–H groups in total. The highest BCUT2D eigenvalue weighted by Gasteiger charge is 2.32. The van der Waals surface area contributed by atoms with Gasteiger partial charge in [0, 0.05) is 39.0 Å². The van der Waals surface area contributed by atoms with Gasteiger partial charge >= 0.3 is 5.97 Å². The van der Waals surface area contributed by atoms with Crippen molar-refractivity contribution in [1.29, 1.82) is 0 Å². The molecule has 3 aromatic heterocycles. The molecule has 0 aromatic carbocycles. The average Bonchev–Trinajstić information content (AvgIpc) is 3.48. The van der Waals surface area contributed by atoms with Crippen molar-refractivity contribution in [3.63, 3.8) is 0 Å². The lowest BCUT2D eigenvalue weighted by Gasteiger charge is -2.37. The number of hydrogen-bond acceptors (Lipinski definition) is 10. The molecule has 2 atom stereocenters. The molecule has 1 amide bonds. The fourth-order valence-electron chi connectivity index (χ4n) is 4.53. The molecule has 15 heteroatoms. The molecule has 1 saturated heterocycles. The smallest absolute Gasteiger partial charge is 0.348 e. The number of amides is 1. The number of nitrogens with one attached hydrogen (secondary N) is 3. The Kier molecular flexibility index (Phi) is 9.85. The van der Waals surface area contributed by atoms with Crippen LogP contribution < -0.4 is 15.5 Å². The normalized spacial score (nSPS) is 17.3. The molecule has 0 radical (unpaired) electrons. The fraction of sp³-hybridized carbons (Fsp3) is 0.480. The first-order valence-electron chi connectivity index (χ1n) is 12.5. The maximum Gasteiger partial charge on any atom is 0.348 e. The van der Waals surface area contributed by atoms with Crippen molar-refractivity contribution in [3.05, 3.63) is 38.7 Å². The van der Waals surface area contributed by atoms with Crippen LogP contribution in [0.3, 0.4) is 0 Å². The molecule has 4 rings (SSSR count). The van der Waals surface area contributed by atoms with Crippen molar-refractivity contribution in [2.75, 3.05) is 50.7 Å². The number of ether oxygens (including phenoxy) is 2. The summed E-state index contributed by atoms with van der Waals surface area (Å²) in [6.07, 6.45) is 3.66. The number of rotatable bonds is 11. The van der Waals surface area contributed by atoms with Crippen molar-refractivity contribution in [1.82, 2.24) is 25.3 Å². The second kappa shape index (κ2) is 13.1. The van der Waals surface area contributed by atoms with E-state index in [9.17, 15) is 14.7 Å². The Morgan fingerprint density at radius 2 is 1.95 bits per heavy atom. The fourth-order valence-corrected chi connectivity index (χ4v) is 5.90. The number of carbonyl (C=O) groups is 2. The summed E-state index contributed by atoms with van der Waals surface area (Å²) in [6.45, 7) is 5.76. The summed E-state index contributed by atoms with van der Waals surface area (Å²) in [5.41, 5.74) is 1.48. The van der Waals surface area contributed by atoms with E-state index in [2.05, 4.69) is 30.6 Å². The predicted octanol–water partition coefficient (Wildman–Crippen LogP) is 3.96. The number of carboxylic acid groups (broad SMARTS) is 1. The quantitative estimate of drug-likeness (QED) is 0.250. The second-order valence-corrected chi connectivity index (χ2v) is 11.3. The van der Waals surface area contributed by atoms with E-state index in [-0.39, 0.29) is 45.2 Å². The molecule has 1 fully saturated rings. The molecule has 1 aliphatic heterocycles. The average molecular weight is 613 g/mol. The molecular weight excluding hydrogens is 581 g/mol. The molecule has 4 heterocycles. The van der Waals surface area contributed by atoms with Crippen LogP contribution in [-0.4, -0.2) is 89.5 Å². The first kappa shape index (κ1) is 30.0. The highest BCUT2D eigenvalue weighted by Crippen LogP contribution is 2.35. The van der Waals surface area contributed by atoms with Crippen molar-refractivity contribution in [2.24, 2.45) is 5.92 Å². The summed E-state index contributed by atoms with van der Waals surface area (Å²) < 4.78 is 10.4. The molecule has 1 aliphatic rings. The number of carboxylic acids is 1. The van der Waals surface area contributed by atoms with Gasteiger partial charge in [0.1, 0.15) is 27.8 Å². The number of halogens is 2. The SMILES string of the molecule is COCC(COC)Nc1cnc(-c2nc(N3CC[C@@H](NC(=O)c4[nH]c(C)c(Cl)c4Cl)[C@@H](C)C3)sc2C(=O)O)cn1. The van der Waals surface area contributed by atoms with Gasteiger partial charge < -0.3 is 35.1 Å². The lowest BCUT2D eigenvalue weighted by Crippen LogP contribution is -2.50. The maximum absolute atomic E-state index is 12.8. The van der Waals surface area contributed by atoms with Gasteiger partial charge in [0.05, 0.1) is 41.7 Å². The number of carbonyl (C=O) groups excluding carboxylic acids is 1. The van der Waals surface area contributed by atoms with E-state index in [1.165, 1.54) is 12.4 Å². The third-order valence-corrected chi connectivity index (χ3v) is 8.62. The molecule has 0 saturated carbocycles. The molecule has 0 bridgehead atoms. The molecule has 0 aliphatic carbocycles. The van der Waals surface area contributed by atoms with E-state index < -0.39 is 5.97 Å². The number of hydrogen-bond donors (Lipinski definition) is 4. The van der Waals surface area contributed by atoms with Crippen LogP contribution in [0.15, 0.2) is 12.4 Å². The Morgan fingerprint density at radius 1 is 1.23 bits per heavy atom. The van der Waals surface area contributed by atoms with Crippen LogP contribution >= 0.6 is 34.5 Å². The van der Waals surface area contributed by atoms with E-state index in [0.29, 0.717) is 60.1 Å². The summed E-state index contributed by atoms with van der Waals surface area (Å²) in [6, 6.07) is -0.224. The third-order valence-electron chi connectivity index (χ3n) is 6.57. The number of piperidine rings is 1. The van der Waals surface area contributed by atoms with Crippen LogP contribution in [0.5, 0.6) is 0 Å². The zero-order chi connectivity index (χ0) is 29.0. The number of H-pyrrole nitrogens is 1. The van der Waals surface area contributed by atoms with Gasteiger partial charge in [-0.05, 0) is 19.3 Å². The minimum absolute atomic E-state index is 0.0564. The summed E-state index contributed by atoms with van der Waals surface area (Å²) in [7, 11) is 3.20. The summed E-state index contributed by atoms with van der Waals surface area (Å²) in [5.74, 6) is -0.843. The summed E-state index contributed by atoms with van der Waals surface area (Å²) >= 11 is 13.4. The number of thiazole rings is 1. The third kappa shape index (κ3) is 6.66. The van der Waals surface area contributed by atoms with Gasteiger partial charge in [-0.3, -0.25) is 4.79 Å². The van der Waals surface area contributed by atoms with E-state index in [1.807, 2.05) is 11.8 Å². The minimum Gasteiger partial charge on any atom is -0.477 e. The monoisotopic (exact) mass is 611 g/mol. The van der Waals surface area contributed by atoms with Crippen LogP contribution in [0.1, 0.15) is 39.2 Å². The zero-order valence-corrected chi connectivity index (χ0v) is 24.8. The molecule has 12 nitrogen and oxygen atoms in total. The minimum atomic E-state index is -1.09. The largest absolute Gasteiger partial charge is 0.477 e. The first-order valence-corrected chi connectivity index (χ1v) is 14.1. The van der Waals surface area contributed by atoms with Gasteiger partial charge in [-0.2, -0.15) is 0 Å². The number of methoxy groups -OCH3 is 2. The maximum atomic E-state index is 12.8. The van der Waals surface area contributed by atoms with Gasteiger partial charge in [0.2, 0.25) is 0 Å². The second-order valence-electron chi connectivity index (χ2n) is 9.56. The number of aromatic nitrogens is 4. The summed E-state index contributed by atoms with van der Waals surface area (Å²) in [5, 5.41) is 17.2. The van der Waals surface area contributed by atoms with E-state index in [0.717, 1.165) is 11.3 Å². The van der Waals surface area contributed by atoms with Crippen molar-refractivity contribution < 1.29 is 24.2 Å². The molecule has 0 unspecified atom stereocenters. The molecule has 3 aromatic rings. The zero-order valence-electron chi connectivity index (χ0n) is 22.5. The Bertz CT molecular complexity index is 1340. The van der Waals surface area contributed by atoms with Gasteiger partial charge in [0.15, 0.2) is 5.13 Å². The van der Waals surface area contributed by atoms with Gasteiger partial charge in [-0.15, -0.1) is 0 Å². The van der Waals surface area contributed by atoms with Crippen LogP contribution in [0.2, 0.25) is 10.0 Å². The number of anilines is 2. The Labute approximate surface area is 245 Å². The standard InChI is InChI=1S/C25H31Cl2N7O5S/c1-12-9-34(6-5-15(12)32-23(35)21-19(27)18(26)13(2)30-21)25-33-20(22(40-25)24(36)37)16-7-29-17(8-28-16)31-14(10-38-3)11-39-4/h7-8,12,14-15,30H,5-6,9-11H2,1-4H3,(H,29,31)(H,32,35)(H,36,37)/t12-,15+/m0/s1. The number of aryl methyl sites for hydroxylation is 1. The van der Waals surface area contributed by atoms with Crippen LogP contribution in [0.25, 0.3) is 11.4 Å². The highest BCUT2D eigenvalue weighted by molar-refractivity contribution is 7.17. The van der Waals surface area contributed by atoms with Gasteiger partial charge in [0.25, 0.3) is 5.91 Å². The summed E-state index contributed by atoms with van der Waals surface area (Å²) in [4.78, 5) is 43.4. The van der Waals surface area contributed by atoms with Crippen LogP contribution in [0.4, 0.5) is 10.9 Å². The molecule has 216 valence electrons. The number of aromatic amines is 1. The number of nitrogens with zero attached hydrogens (tertiary/aromatic N) is 4. The topological polar surface area (TPSA) is 155 Å². The van der Waals surface area contributed by atoms with E-state index in [4.69, 9.17) is 32.7 Å². The Hall–Kier alpha value is -2.97. The lowest BCUT2D eigenvalue weighted by atomic mass is 9.94. The van der Waals surface area contributed by atoms with Crippen LogP contribution in [0, 0.1) is 12.8 Å². The van der Waals surface area contributed by atoms with E-state index >= 15 is 0 Å². The molecule has 40 heavy (non-hydrogen) atoms. The van der Waals surface area contributed by atoms with Crippen molar-refractivity contribution in [2.45, 2.75) is 32.4 Å². The van der Waals surface area contributed by atoms with Crippen molar-refractivity contribution in [3.8, 4) is 11.4 Å². The lowest BCUT2D eigenvalue weighted by molar-refractivity contribution is 0.0702.